The molecule has 1 nitrogen and oxygen atoms in total. The Labute approximate surface area is 395 Å². The van der Waals surface area contributed by atoms with Gasteiger partial charge in [-0.05, 0) is 125 Å². The summed E-state index contributed by atoms with van der Waals surface area (Å²) in [6, 6.07) is 87.8. The van der Waals surface area contributed by atoms with Crippen LogP contribution in [0.25, 0.3) is 97.4 Å². The average Bonchev–Trinajstić information content (AvgIpc) is 3.89. The van der Waals surface area contributed by atoms with Crippen molar-refractivity contribution in [3.05, 3.63) is 248 Å². The van der Waals surface area contributed by atoms with Gasteiger partial charge in [0.05, 0.1) is 5.69 Å². The summed E-state index contributed by atoms with van der Waals surface area (Å²) < 4.78 is 2.62. The molecule has 1 heterocycles. The molecule has 0 bridgehead atoms. The molecule has 0 radical (unpaired) electrons. The van der Waals surface area contributed by atoms with E-state index in [4.69, 9.17) is 0 Å². The van der Waals surface area contributed by atoms with Crippen molar-refractivity contribution in [2.75, 3.05) is 4.90 Å². The highest BCUT2D eigenvalue weighted by Gasteiger charge is 2.37. The summed E-state index contributed by atoms with van der Waals surface area (Å²) in [7, 11) is 0. The zero-order valence-corrected chi connectivity index (χ0v) is 38.2. The van der Waals surface area contributed by atoms with Gasteiger partial charge in [-0.3, -0.25) is 0 Å². The fraction of sp³-hybridized carbons (Fsp3) is 0.0462. The Morgan fingerprint density at radius 3 is 1.81 bits per heavy atom. The number of anilines is 3. The van der Waals surface area contributed by atoms with Crippen LogP contribution in [0.15, 0.2) is 237 Å². The second-order valence-electron chi connectivity index (χ2n) is 18.4. The van der Waals surface area contributed by atoms with E-state index in [9.17, 15) is 0 Å². The Hall–Kier alpha value is -8.04. The topological polar surface area (TPSA) is 3.24 Å². The molecule has 0 amide bonds. The van der Waals surface area contributed by atoms with E-state index in [0.717, 1.165) is 22.6 Å². The zero-order valence-electron chi connectivity index (χ0n) is 37.4. The van der Waals surface area contributed by atoms with Crippen molar-refractivity contribution < 1.29 is 0 Å². The molecule has 1 aromatic heterocycles. The van der Waals surface area contributed by atoms with Crippen LogP contribution in [0.2, 0.25) is 0 Å². The minimum atomic E-state index is -0.122. The van der Waals surface area contributed by atoms with Crippen molar-refractivity contribution in [3.8, 4) is 55.6 Å². The first-order valence-electron chi connectivity index (χ1n) is 23.2. The number of nitrogens with zero attached hydrogens (tertiary/aromatic N) is 1. The summed E-state index contributed by atoms with van der Waals surface area (Å²) in [6.07, 6.45) is 0. The van der Waals surface area contributed by atoms with Crippen LogP contribution < -0.4 is 4.90 Å². The number of hydrogen-bond donors (Lipinski definition) is 0. The van der Waals surface area contributed by atoms with Gasteiger partial charge in [0.25, 0.3) is 0 Å². The lowest BCUT2D eigenvalue weighted by Gasteiger charge is -2.29. The second-order valence-corrected chi connectivity index (χ2v) is 19.5. The zero-order chi connectivity index (χ0) is 44.6. The first-order chi connectivity index (χ1) is 33.0. The Morgan fingerprint density at radius 1 is 0.343 bits per heavy atom. The summed E-state index contributed by atoms with van der Waals surface area (Å²) in [4.78, 5) is 2.49. The van der Waals surface area contributed by atoms with Crippen LogP contribution in [0.4, 0.5) is 17.1 Å². The molecular weight excluding hydrogens is 827 g/mol. The van der Waals surface area contributed by atoms with Crippen LogP contribution in [0.3, 0.4) is 0 Å². The molecule has 0 unspecified atom stereocenters. The number of benzene rings is 11. The summed E-state index contributed by atoms with van der Waals surface area (Å²) in [5, 5.41) is 7.62. The highest BCUT2D eigenvalue weighted by atomic mass is 32.1. The van der Waals surface area contributed by atoms with Gasteiger partial charge in [0.1, 0.15) is 0 Å². The van der Waals surface area contributed by atoms with E-state index in [1.165, 1.54) is 103 Å². The van der Waals surface area contributed by atoms with Gasteiger partial charge in [-0.1, -0.05) is 208 Å². The molecule has 1 aliphatic carbocycles. The summed E-state index contributed by atoms with van der Waals surface area (Å²) >= 11 is 1.88. The van der Waals surface area contributed by atoms with Crippen molar-refractivity contribution in [2.45, 2.75) is 19.3 Å². The van der Waals surface area contributed by atoms with Crippen LogP contribution in [-0.2, 0) is 5.41 Å². The number of fused-ring (bicyclic) bond motifs is 9. The van der Waals surface area contributed by atoms with Crippen molar-refractivity contribution in [1.82, 2.24) is 0 Å². The molecule has 12 aromatic rings. The summed E-state index contributed by atoms with van der Waals surface area (Å²) in [5.41, 5.74) is 18.3. The Bertz CT molecular complexity index is 3890. The normalized spacial score (nSPS) is 12.7. The predicted octanol–water partition coefficient (Wildman–Crippen LogP) is 18.8. The number of rotatable bonds is 7. The number of hydrogen-bond acceptors (Lipinski definition) is 2. The molecule has 13 rings (SSSR count). The van der Waals surface area contributed by atoms with Crippen LogP contribution in [0.1, 0.15) is 25.0 Å². The lowest BCUT2D eigenvalue weighted by atomic mass is 9.79. The van der Waals surface area contributed by atoms with Gasteiger partial charge in [-0.15, -0.1) is 11.3 Å². The third-order valence-corrected chi connectivity index (χ3v) is 15.5. The van der Waals surface area contributed by atoms with E-state index < -0.39 is 0 Å². The predicted molar refractivity (Wildman–Crippen MR) is 288 cm³/mol. The highest BCUT2D eigenvalue weighted by Crippen LogP contribution is 2.53. The lowest BCUT2D eigenvalue weighted by Crippen LogP contribution is -2.16. The first-order valence-corrected chi connectivity index (χ1v) is 24.1. The third kappa shape index (κ3) is 6.36. The Kier molecular flexibility index (Phi) is 9.13. The minimum Gasteiger partial charge on any atom is -0.310 e. The molecule has 0 fully saturated rings. The molecule has 0 saturated heterocycles. The first kappa shape index (κ1) is 39.3. The molecular formula is C65H45NS. The molecule has 0 aliphatic heterocycles. The maximum absolute atomic E-state index is 2.49. The molecule has 0 atom stereocenters. The average molecular weight is 872 g/mol. The molecule has 11 aromatic carbocycles. The smallest absolute Gasteiger partial charge is 0.0546 e. The van der Waals surface area contributed by atoms with Gasteiger partial charge in [-0.25, -0.2) is 0 Å². The van der Waals surface area contributed by atoms with E-state index in [0.29, 0.717) is 0 Å². The third-order valence-electron chi connectivity index (χ3n) is 14.2. The van der Waals surface area contributed by atoms with Gasteiger partial charge in [-0.2, -0.15) is 0 Å². The van der Waals surface area contributed by atoms with E-state index in [2.05, 4.69) is 255 Å². The fourth-order valence-corrected chi connectivity index (χ4v) is 12.4. The highest BCUT2D eigenvalue weighted by molar-refractivity contribution is 7.26. The van der Waals surface area contributed by atoms with Crippen molar-refractivity contribution in [1.29, 1.82) is 0 Å². The van der Waals surface area contributed by atoms with Crippen LogP contribution in [0, 0.1) is 0 Å². The largest absolute Gasteiger partial charge is 0.310 e. The summed E-state index contributed by atoms with van der Waals surface area (Å²) in [6.45, 7) is 4.75. The van der Waals surface area contributed by atoms with Gasteiger partial charge in [0.15, 0.2) is 0 Å². The maximum atomic E-state index is 2.49. The molecule has 0 saturated carbocycles. The standard InChI is InChI=1S/C65H45NS/c1-65(2)60-31-12-10-25-55(60)57-29-15-27-51(63(57)65)43-33-36-47(37-34-43)66(48-21-14-20-44(39-48)52-28-16-30-58-56-26-11-13-32-62(56)67-64(52)58)61-41-46(35-38-50(61)42-17-4-3-5-18-42)59-40-45-19-6-7-22-49(45)53-23-8-9-24-54(53)59/h3-41H,1-2H3. The molecule has 0 N–H and O–H groups in total. The molecule has 316 valence electrons. The lowest BCUT2D eigenvalue weighted by molar-refractivity contribution is 0.662. The summed E-state index contributed by atoms with van der Waals surface area (Å²) in [5.74, 6) is 0. The van der Waals surface area contributed by atoms with E-state index in [-0.39, 0.29) is 5.41 Å². The quantitative estimate of drug-likeness (QED) is 0.144. The van der Waals surface area contributed by atoms with Gasteiger partial charge >= 0.3 is 0 Å². The molecule has 0 spiro atoms. The number of thiophene rings is 1. The van der Waals surface area contributed by atoms with Crippen LogP contribution in [-0.4, -0.2) is 0 Å². The van der Waals surface area contributed by atoms with Crippen LogP contribution in [0.5, 0.6) is 0 Å². The Morgan fingerprint density at radius 2 is 0.940 bits per heavy atom. The van der Waals surface area contributed by atoms with Crippen molar-refractivity contribution in [3.63, 3.8) is 0 Å². The van der Waals surface area contributed by atoms with Crippen LogP contribution >= 0.6 is 11.3 Å². The van der Waals surface area contributed by atoms with Gasteiger partial charge < -0.3 is 4.90 Å². The maximum Gasteiger partial charge on any atom is 0.0546 e. The van der Waals surface area contributed by atoms with Gasteiger partial charge in [0, 0.05) is 42.5 Å². The van der Waals surface area contributed by atoms with Gasteiger partial charge in [0.2, 0.25) is 0 Å². The van der Waals surface area contributed by atoms with E-state index >= 15 is 0 Å². The SMILES string of the molecule is CC1(C)c2ccccc2-c2cccc(-c3ccc(N(c4cccc(-c5cccc6c5sc5ccccc56)c4)c4cc(-c5cc6ccccc6c6ccccc56)ccc4-c4ccccc4)cc3)c21. The second kappa shape index (κ2) is 15.6. The van der Waals surface area contributed by atoms with E-state index in [1.807, 2.05) is 11.3 Å². The Balaban J connectivity index is 1.04. The minimum absolute atomic E-state index is 0.122. The fourth-order valence-electron chi connectivity index (χ4n) is 11.1. The molecule has 67 heavy (non-hydrogen) atoms. The molecule has 1 aliphatic rings. The van der Waals surface area contributed by atoms with Crippen molar-refractivity contribution >= 4 is 70.1 Å². The monoisotopic (exact) mass is 871 g/mol. The van der Waals surface area contributed by atoms with E-state index in [1.54, 1.807) is 0 Å². The molecule has 2 heteroatoms. The van der Waals surface area contributed by atoms with Crippen molar-refractivity contribution in [2.24, 2.45) is 0 Å².